The predicted molar refractivity (Wildman–Crippen MR) is 122 cm³/mol. The first-order chi connectivity index (χ1) is 15.5. The van der Waals surface area contributed by atoms with Gasteiger partial charge in [0.25, 0.3) is 5.69 Å². The summed E-state index contributed by atoms with van der Waals surface area (Å²) in [5.74, 6) is -0.389. The van der Waals surface area contributed by atoms with Crippen molar-refractivity contribution < 1.29 is 36.0 Å². The monoisotopic (exact) mass is 505 g/mol. The summed E-state index contributed by atoms with van der Waals surface area (Å²) < 4.78 is 7.14. The second-order valence-corrected chi connectivity index (χ2v) is 7.78. The molecule has 0 aliphatic carbocycles. The molecule has 0 radical (unpaired) electrons. The number of aromatic nitrogens is 2. The van der Waals surface area contributed by atoms with Crippen LogP contribution in [-0.2, 0) is 11.3 Å². The number of para-hydroxylation sites is 1. The van der Waals surface area contributed by atoms with Gasteiger partial charge in [-0.1, -0.05) is 18.2 Å². The van der Waals surface area contributed by atoms with E-state index < -0.39 is 4.92 Å². The molecule has 0 spiro atoms. The minimum Gasteiger partial charge on any atom is -1.00 e. The Hall–Kier alpha value is -3.78. The molecule has 2 aromatic heterocycles. The third-order valence-electron chi connectivity index (χ3n) is 5.92. The van der Waals surface area contributed by atoms with E-state index in [-0.39, 0.29) is 28.6 Å². The Labute approximate surface area is 199 Å². The zero-order valence-corrected chi connectivity index (χ0v) is 19.5. The average Bonchev–Trinajstić information content (AvgIpc) is 3.19. The van der Waals surface area contributed by atoms with E-state index in [0.717, 1.165) is 43.7 Å². The van der Waals surface area contributed by atoms with Gasteiger partial charge in [0.1, 0.15) is 0 Å². The maximum absolute atomic E-state index is 12.8. The molecule has 0 unspecified atom stereocenters. The van der Waals surface area contributed by atoms with Crippen molar-refractivity contribution in [2.45, 2.75) is 13.5 Å². The first kappa shape index (κ1) is 22.4. The lowest BCUT2D eigenvalue weighted by molar-refractivity contribution is -0.687. The summed E-state index contributed by atoms with van der Waals surface area (Å²) in [6.07, 6.45) is 3.92. The molecular weight excluding hydrogens is 486 g/mol. The number of hydrogen-bond donors (Lipinski definition) is 1. The zero-order valence-electron chi connectivity index (χ0n) is 18.0. The summed E-state index contributed by atoms with van der Waals surface area (Å²) in [5, 5.41) is 14.7. The number of aryl methyl sites for hydroxylation is 1. The number of benzene rings is 3. The third kappa shape index (κ3) is 3.72. The van der Waals surface area contributed by atoms with Crippen molar-refractivity contribution in [2.24, 2.45) is 0 Å². The van der Waals surface area contributed by atoms with Crippen LogP contribution in [0.1, 0.15) is 21.5 Å². The number of nitrogens with zero attached hydrogens (tertiary/aromatic N) is 2. The number of nitrogens with one attached hydrogen (secondary N) is 1. The summed E-state index contributed by atoms with van der Waals surface area (Å²) >= 11 is 0. The number of aromatic amines is 1. The summed E-state index contributed by atoms with van der Waals surface area (Å²) in [6, 6.07) is 16.4. The quantitative estimate of drug-likeness (QED) is 0.174. The van der Waals surface area contributed by atoms with Gasteiger partial charge in [-0.15, -0.1) is 0 Å². The number of H-pyrrole nitrogens is 1. The van der Waals surface area contributed by atoms with Gasteiger partial charge in [0, 0.05) is 45.4 Å². The number of nitro benzene ring substituents is 1. The average molecular weight is 506 g/mol. The van der Waals surface area contributed by atoms with E-state index in [2.05, 4.69) is 11.9 Å². The van der Waals surface area contributed by atoms with Gasteiger partial charge in [0.2, 0.25) is 0 Å². The van der Waals surface area contributed by atoms with Gasteiger partial charge in [-0.3, -0.25) is 10.1 Å². The summed E-state index contributed by atoms with van der Waals surface area (Å²) in [5.41, 5.74) is 4.33. The van der Waals surface area contributed by atoms with E-state index >= 15 is 0 Å². The number of halogens is 1. The molecule has 0 amide bonds. The molecule has 0 aliphatic heterocycles. The smallest absolute Gasteiger partial charge is 0.340 e. The van der Waals surface area contributed by atoms with Crippen LogP contribution >= 0.6 is 0 Å². The van der Waals surface area contributed by atoms with Crippen molar-refractivity contribution in [3.05, 3.63) is 93.8 Å². The largest absolute Gasteiger partial charge is 1.00 e. The number of carbonyl (C=O) groups excluding carboxylic acids is 1. The highest BCUT2D eigenvalue weighted by Gasteiger charge is 2.23. The van der Waals surface area contributed by atoms with Crippen molar-refractivity contribution >= 4 is 44.2 Å². The van der Waals surface area contributed by atoms with Crippen LogP contribution in [0, 0.1) is 17.0 Å². The Morgan fingerprint density at radius 3 is 2.48 bits per heavy atom. The number of hydrogen-bond acceptors (Lipinski definition) is 4. The summed E-state index contributed by atoms with van der Waals surface area (Å²) in [6.45, 7) is 2.61. The lowest BCUT2D eigenvalue weighted by Crippen LogP contribution is -3.00. The molecule has 0 fully saturated rings. The first-order valence-electron chi connectivity index (χ1n) is 10.2. The number of fused-ring (bicyclic) bond motifs is 4. The fourth-order valence-corrected chi connectivity index (χ4v) is 4.39. The zero-order chi connectivity index (χ0) is 22.4. The Kier molecular flexibility index (Phi) is 5.86. The molecule has 0 saturated carbocycles. The summed E-state index contributed by atoms with van der Waals surface area (Å²) in [7, 11) is 1.39. The molecule has 5 aromatic rings. The van der Waals surface area contributed by atoms with Crippen molar-refractivity contribution in [1.29, 1.82) is 0 Å². The van der Waals surface area contributed by atoms with Gasteiger partial charge < -0.3 is 26.7 Å². The van der Waals surface area contributed by atoms with Crippen molar-refractivity contribution in [3.63, 3.8) is 0 Å². The van der Waals surface area contributed by atoms with Crippen LogP contribution in [0.4, 0.5) is 5.69 Å². The SMILES string of the molecule is COC(=O)c1c2cc[n+](Cc3ccc([N+](=O)[O-])cc3)cc2c(C)c2c1[nH]c1ccccc12.[Br-]. The van der Waals surface area contributed by atoms with E-state index in [4.69, 9.17) is 4.74 Å². The molecule has 8 heteroatoms. The highest BCUT2D eigenvalue weighted by Crippen LogP contribution is 2.36. The van der Waals surface area contributed by atoms with Gasteiger partial charge in [0.05, 0.1) is 28.5 Å². The minimum atomic E-state index is -0.406. The molecule has 0 saturated heterocycles. The topological polar surface area (TPSA) is 89.1 Å². The summed E-state index contributed by atoms with van der Waals surface area (Å²) in [4.78, 5) is 26.7. The third-order valence-corrected chi connectivity index (χ3v) is 5.92. The first-order valence-corrected chi connectivity index (χ1v) is 10.2. The Balaban J connectivity index is 0.00000259. The Bertz CT molecular complexity index is 1540. The second kappa shape index (κ2) is 8.63. The van der Waals surface area contributed by atoms with E-state index in [1.807, 2.05) is 47.3 Å². The van der Waals surface area contributed by atoms with Crippen LogP contribution in [0.3, 0.4) is 0 Å². The highest BCUT2D eigenvalue weighted by atomic mass is 79.9. The van der Waals surface area contributed by atoms with Crippen LogP contribution in [0.15, 0.2) is 67.0 Å². The Morgan fingerprint density at radius 2 is 1.79 bits per heavy atom. The number of carbonyl (C=O) groups is 1. The number of pyridine rings is 1. The van der Waals surface area contributed by atoms with Crippen molar-refractivity contribution in [1.82, 2.24) is 4.98 Å². The van der Waals surface area contributed by atoms with E-state index in [1.54, 1.807) is 12.1 Å². The predicted octanol–water partition coefficient (Wildman–Crippen LogP) is 1.82. The van der Waals surface area contributed by atoms with Crippen LogP contribution < -0.4 is 21.5 Å². The van der Waals surface area contributed by atoms with Gasteiger partial charge in [0.15, 0.2) is 18.9 Å². The van der Waals surface area contributed by atoms with Gasteiger partial charge >= 0.3 is 5.97 Å². The molecule has 0 aliphatic rings. The van der Waals surface area contributed by atoms with E-state index in [9.17, 15) is 14.9 Å². The fourth-order valence-electron chi connectivity index (χ4n) is 4.39. The fraction of sp³-hybridized carbons (Fsp3) is 0.120. The maximum Gasteiger partial charge on any atom is 0.340 e. The second-order valence-electron chi connectivity index (χ2n) is 7.78. The normalized spacial score (nSPS) is 11.0. The van der Waals surface area contributed by atoms with Crippen molar-refractivity contribution in [2.75, 3.05) is 7.11 Å². The Morgan fingerprint density at radius 1 is 1.06 bits per heavy atom. The van der Waals surface area contributed by atoms with Crippen molar-refractivity contribution in [3.8, 4) is 0 Å². The van der Waals surface area contributed by atoms with Crippen LogP contribution in [0.5, 0.6) is 0 Å². The van der Waals surface area contributed by atoms with E-state index in [0.29, 0.717) is 12.1 Å². The molecule has 0 bridgehead atoms. The standard InChI is InChI=1S/C25H19N3O4.BrH/c1-15-20-14-27(13-16-7-9-17(10-8-16)28(30)31)12-11-18(20)23(25(29)32-2)24-22(15)19-5-3-4-6-21(19)26-24;/h3-12,14H,13H2,1-2H3;1H. The molecular formula is C25H20BrN3O4. The number of non-ortho nitro benzene ring substituents is 1. The van der Waals surface area contributed by atoms with Crippen LogP contribution in [0.25, 0.3) is 32.6 Å². The molecule has 0 atom stereocenters. The highest BCUT2D eigenvalue weighted by molar-refractivity contribution is 6.23. The molecule has 33 heavy (non-hydrogen) atoms. The number of rotatable bonds is 4. The molecule has 166 valence electrons. The lowest BCUT2D eigenvalue weighted by atomic mass is 9.96. The number of methoxy groups -OCH3 is 1. The van der Waals surface area contributed by atoms with Gasteiger partial charge in [-0.25, -0.2) is 9.36 Å². The molecule has 5 rings (SSSR count). The van der Waals surface area contributed by atoms with Crippen LogP contribution in [0.2, 0.25) is 0 Å². The molecule has 7 nitrogen and oxygen atoms in total. The lowest BCUT2D eigenvalue weighted by Gasteiger charge is -2.10. The minimum absolute atomic E-state index is 0. The molecule has 2 heterocycles. The number of esters is 1. The molecule has 1 N–H and O–H groups in total. The maximum atomic E-state index is 12.8. The molecule has 3 aromatic carbocycles. The van der Waals surface area contributed by atoms with Crippen LogP contribution in [-0.4, -0.2) is 23.0 Å². The number of ether oxygens (including phenoxy) is 1. The van der Waals surface area contributed by atoms with Gasteiger partial charge in [-0.2, -0.15) is 0 Å². The van der Waals surface area contributed by atoms with E-state index in [1.165, 1.54) is 19.2 Å². The number of nitro groups is 1. The van der Waals surface area contributed by atoms with Gasteiger partial charge in [-0.05, 0) is 30.7 Å².